The Labute approximate surface area is 156 Å². The van der Waals surface area contributed by atoms with Crippen LogP contribution in [-0.2, 0) is 0 Å². The largest absolute Gasteiger partial charge is 0.398 e. The maximum Gasteiger partial charge on any atom is 0.227 e. The number of rotatable bonds is 4. The number of aromatic nitrogens is 5. The molecule has 134 valence electrons. The molecule has 0 saturated heterocycles. The Morgan fingerprint density at radius 1 is 1.07 bits per heavy atom. The second-order valence-electron chi connectivity index (χ2n) is 7.01. The van der Waals surface area contributed by atoms with Crippen LogP contribution in [0.25, 0.3) is 22.0 Å². The summed E-state index contributed by atoms with van der Waals surface area (Å²) in [7, 11) is 0. The Balaban J connectivity index is 1.51. The molecule has 3 N–H and O–H groups in total. The SMILES string of the molecule is Cc1cncc(-c2cc(N)c3cnc(Nc4cnn(C5CC5)c4)nc3c2)c1. The Hall–Kier alpha value is -3.48. The number of nitrogens with two attached hydrogens (primary N) is 1. The van der Waals surface area contributed by atoms with E-state index in [-0.39, 0.29) is 0 Å². The summed E-state index contributed by atoms with van der Waals surface area (Å²) in [5, 5.41) is 8.44. The molecule has 4 aromatic rings. The van der Waals surface area contributed by atoms with Gasteiger partial charge < -0.3 is 11.1 Å². The van der Waals surface area contributed by atoms with E-state index in [2.05, 4.69) is 31.4 Å². The molecule has 1 aromatic carbocycles. The van der Waals surface area contributed by atoms with E-state index in [0.717, 1.165) is 33.3 Å². The van der Waals surface area contributed by atoms with E-state index < -0.39 is 0 Å². The topological polar surface area (TPSA) is 94.5 Å². The summed E-state index contributed by atoms with van der Waals surface area (Å²) in [5.41, 5.74) is 11.7. The number of anilines is 3. The van der Waals surface area contributed by atoms with Gasteiger partial charge in [0.25, 0.3) is 0 Å². The zero-order valence-electron chi connectivity index (χ0n) is 14.9. The van der Waals surface area contributed by atoms with Crippen LogP contribution in [0.5, 0.6) is 0 Å². The smallest absolute Gasteiger partial charge is 0.227 e. The van der Waals surface area contributed by atoms with Crippen molar-refractivity contribution >= 4 is 28.2 Å². The molecule has 0 unspecified atom stereocenters. The molecule has 0 atom stereocenters. The maximum absolute atomic E-state index is 6.24. The summed E-state index contributed by atoms with van der Waals surface area (Å²) in [6, 6.07) is 6.58. The third-order valence-corrected chi connectivity index (χ3v) is 4.72. The first kappa shape index (κ1) is 15.7. The third kappa shape index (κ3) is 3.08. The van der Waals surface area contributed by atoms with Gasteiger partial charge in [-0.3, -0.25) is 9.67 Å². The summed E-state index contributed by atoms with van der Waals surface area (Å²) in [5.74, 6) is 0.525. The van der Waals surface area contributed by atoms with Gasteiger partial charge in [0.1, 0.15) is 0 Å². The lowest BCUT2D eigenvalue weighted by Gasteiger charge is -2.09. The summed E-state index contributed by atoms with van der Waals surface area (Å²) in [6.07, 6.45) is 11.6. The molecule has 27 heavy (non-hydrogen) atoms. The van der Waals surface area contributed by atoms with E-state index in [0.29, 0.717) is 17.7 Å². The van der Waals surface area contributed by atoms with E-state index in [1.54, 1.807) is 12.4 Å². The highest BCUT2D eigenvalue weighted by molar-refractivity contribution is 5.94. The Bertz CT molecular complexity index is 1140. The summed E-state index contributed by atoms with van der Waals surface area (Å²) in [4.78, 5) is 13.3. The average molecular weight is 357 g/mol. The van der Waals surface area contributed by atoms with Crippen molar-refractivity contribution in [3.05, 3.63) is 54.7 Å². The normalized spacial score (nSPS) is 13.8. The first-order valence-electron chi connectivity index (χ1n) is 8.95. The van der Waals surface area contributed by atoms with Crippen molar-refractivity contribution in [2.75, 3.05) is 11.1 Å². The fourth-order valence-corrected chi connectivity index (χ4v) is 3.17. The number of fused-ring (bicyclic) bond motifs is 1. The van der Waals surface area contributed by atoms with Crippen molar-refractivity contribution in [1.29, 1.82) is 0 Å². The van der Waals surface area contributed by atoms with Crippen molar-refractivity contribution in [3.8, 4) is 11.1 Å². The van der Waals surface area contributed by atoms with Gasteiger partial charge in [-0.2, -0.15) is 5.10 Å². The number of benzene rings is 1. The highest BCUT2D eigenvalue weighted by atomic mass is 15.3. The molecule has 0 spiro atoms. The zero-order chi connectivity index (χ0) is 18.4. The molecule has 0 amide bonds. The van der Waals surface area contributed by atoms with Gasteiger partial charge in [0.15, 0.2) is 0 Å². The lowest BCUT2D eigenvalue weighted by atomic mass is 10.0. The van der Waals surface area contributed by atoms with Crippen LogP contribution in [0, 0.1) is 6.92 Å². The van der Waals surface area contributed by atoms with Gasteiger partial charge >= 0.3 is 0 Å². The molecule has 0 bridgehead atoms. The number of nitrogens with one attached hydrogen (secondary N) is 1. The van der Waals surface area contributed by atoms with Gasteiger partial charge in [0.2, 0.25) is 5.95 Å². The molecule has 7 heteroatoms. The van der Waals surface area contributed by atoms with Crippen LogP contribution >= 0.6 is 0 Å². The van der Waals surface area contributed by atoms with Crippen LogP contribution in [0.15, 0.2) is 49.2 Å². The van der Waals surface area contributed by atoms with E-state index in [1.807, 2.05) is 42.3 Å². The molecule has 3 aromatic heterocycles. The zero-order valence-corrected chi connectivity index (χ0v) is 14.9. The third-order valence-electron chi connectivity index (χ3n) is 4.72. The summed E-state index contributed by atoms with van der Waals surface area (Å²) in [6.45, 7) is 2.02. The van der Waals surface area contributed by atoms with Crippen LogP contribution in [0.2, 0.25) is 0 Å². The molecule has 1 aliphatic rings. The summed E-state index contributed by atoms with van der Waals surface area (Å²) >= 11 is 0. The molecule has 7 nitrogen and oxygen atoms in total. The first-order chi connectivity index (χ1) is 13.2. The second-order valence-corrected chi connectivity index (χ2v) is 7.01. The van der Waals surface area contributed by atoms with Gasteiger partial charge in [-0.25, -0.2) is 9.97 Å². The average Bonchev–Trinajstić information content (AvgIpc) is 3.41. The highest BCUT2D eigenvalue weighted by Gasteiger charge is 2.24. The number of hydrogen-bond donors (Lipinski definition) is 2. The fraction of sp³-hybridized carbons (Fsp3) is 0.200. The van der Waals surface area contributed by atoms with E-state index in [9.17, 15) is 0 Å². The Morgan fingerprint density at radius 3 is 2.78 bits per heavy atom. The van der Waals surface area contributed by atoms with Crippen molar-refractivity contribution < 1.29 is 0 Å². The van der Waals surface area contributed by atoms with Crippen LogP contribution in [0.4, 0.5) is 17.3 Å². The van der Waals surface area contributed by atoms with Gasteiger partial charge in [-0.1, -0.05) is 0 Å². The molecular weight excluding hydrogens is 338 g/mol. The van der Waals surface area contributed by atoms with E-state index >= 15 is 0 Å². The van der Waals surface area contributed by atoms with Crippen LogP contribution in [0.1, 0.15) is 24.4 Å². The quantitative estimate of drug-likeness (QED) is 0.539. The summed E-state index contributed by atoms with van der Waals surface area (Å²) < 4.78 is 1.99. The van der Waals surface area contributed by atoms with Gasteiger partial charge in [0, 0.05) is 41.4 Å². The van der Waals surface area contributed by atoms with Gasteiger partial charge in [-0.05, 0) is 49.1 Å². The predicted octanol–water partition coefficient (Wildman–Crippen LogP) is 3.86. The molecule has 0 radical (unpaired) electrons. The second kappa shape index (κ2) is 6.05. The molecule has 1 saturated carbocycles. The maximum atomic E-state index is 6.24. The van der Waals surface area contributed by atoms with E-state index in [4.69, 9.17) is 5.73 Å². The van der Waals surface area contributed by atoms with Crippen LogP contribution in [-0.4, -0.2) is 24.7 Å². The lowest BCUT2D eigenvalue weighted by Crippen LogP contribution is -1.98. The number of hydrogen-bond acceptors (Lipinski definition) is 6. The number of nitrogen functional groups attached to an aromatic ring is 1. The minimum atomic E-state index is 0.525. The van der Waals surface area contributed by atoms with Crippen molar-refractivity contribution in [2.24, 2.45) is 0 Å². The lowest BCUT2D eigenvalue weighted by molar-refractivity contribution is 0.642. The minimum absolute atomic E-state index is 0.525. The Morgan fingerprint density at radius 2 is 1.96 bits per heavy atom. The van der Waals surface area contributed by atoms with Crippen molar-refractivity contribution in [1.82, 2.24) is 24.7 Å². The molecule has 1 fully saturated rings. The van der Waals surface area contributed by atoms with Gasteiger partial charge in [0.05, 0.1) is 23.4 Å². The molecule has 5 rings (SSSR count). The first-order valence-corrected chi connectivity index (χ1v) is 8.95. The van der Waals surface area contributed by atoms with Crippen molar-refractivity contribution in [3.63, 3.8) is 0 Å². The number of aryl methyl sites for hydroxylation is 1. The van der Waals surface area contributed by atoms with E-state index in [1.165, 1.54) is 12.8 Å². The van der Waals surface area contributed by atoms with Gasteiger partial charge in [-0.15, -0.1) is 0 Å². The van der Waals surface area contributed by atoms with Crippen molar-refractivity contribution in [2.45, 2.75) is 25.8 Å². The monoisotopic (exact) mass is 357 g/mol. The minimum Gasteiger partial charge on any atom is -0.398 e. The number of nitrogens with zero attached hydrogens (tertiary/aromatic N) is 5. The standard InChI is InChI=1S/C20H19N7/c1-12-4-14(8-22-7-12)13-5-18(21)17-10-23-20(26-19(17)6-13)25-15-9-24-27(11-15)16-2-3-16/h4-11,16H,2-3,21H2,1H3,(H,23,25,26). The molecule has 1 aliphatic carbocycles. The Kier molecular flexibility index (Phi) is 3.53. The fourth-order valence-electron chi connectivity index (χ4n) is 3.17. The number of pyridine rings is 1. The molecule has 0 aliphatic heterocycles. The molecule has 3 heterocycles. The highest BCUT2D eigenvalue weighted by Crippen LogP contribution is 2.35. The van der Waals surface area contributed by atoms with Crippen LogP contribution in [0.3, 0.4) is 0 Å². The molecular formula is C20H19N7. The predicted molar refractivity (Wildman–Crippen MR) is 106 cm³/mol. The van der Waals surface area contributed by atoms with Crippen LogP contribution < -0.4 is 11.1 Å².